The Kier molecular flexibility index (Phi) is 4.29. The van der Waals surface area contributed by atoms with Crippen molar-refractivity contribution < 1.29 is 19.1 Å². The second-order valence-corrected chi connectivity index (χ2v) is 5.35. The molecule has 2 aromatic carbocycles. The summed E-state index contributed by atoms with van der Waals surface area (Å²) in [7, 11) is 0. The van der Waals surface area contributed by atoms with Gasteiger partial charge in [0.05, 0.1) is 24.2 Å². The molecule has 0 aromatic heterocycles. The Balaban J connectivity index is 1.69. The highest BCUT2D eigenvalue weighted by molar-refractivity contribution is 6.22. The number of carbonyl (C=O) groups is 3. The number of ether oxygens (including phenoxy) is 1. The summed E-state index contributed by atoms with van der Waals surface area (Å²) in [4.78, 5) is 35.3. The van der Waals surface area contributed by atoms with Crippen molar-refractivity contribution in [3.8, 4) is 5.75 Å². The average molecular weight is 324 g/mol. The van der Waals surface area contributed by atoms with Crippen molar-refractivity contribution >= 4 is 23.4 Å². The minimum absolute atomic E-state index is 0.184. The number of amides is 3. The van der Waals surface area contributed by atoms with Gasteiger partial charge in [-0.15, -0.1) is 0 Å². The number of hydrogen-bond donors (Lipinski definition) is 2. The molecule has 3 amide bonds. The SMILES string of the molecule is CCOc1cccc(CC(=O)Nc2ccc3c(c2)C(=O)NC3=O)c1. The van der Waals surface area contributed by atoms with E-state index in [4.69, 9.17) is 4.74 Å². The zero-order valence-corrected chi connectivity index (χ0v) is 13.1. The van der Waals surface area contributed by atoms with Crippen LogP contribution in [0.1, 0.15) is 33.2 Å². The van der Waals surface area contributed by atoms with Crippen LogP contribution in [0, 0.1) is 0 Å². The minimum Gasteiger partial charge on any atom is -0.494 e. The van der Waals surface area contributed by atoms with Crippen molar-refractivity contribution in [1.29, 1.82) is 0 Å². The van der Waals surface area contributed by atoms with Gasteiger partial charge in [-0.1, -0.05) is 12.1 Å². The van der Waals surface area contributed by atoms with E-state index in [-0.39, 0.29) is 17.9 Å². The van der Waals surface area contributed by atoms with Gasteiger partial charge < -0.3 is 10.1 Å². The molecule has 0 aliphatic carbocycles. The molecule has 0 spiro atoms. The first-order chi connectivity index (χ1) is 11.6. The van der Waals surface area contributed by atoms with Crippen molar-refractivity contribution in [3.05, 3.63) is 59.2 Å². The van der Waals surface area contributed by atoms with E-state index in [2.05, 4.69) is 10.6 Å². The molecule has 1 aliphatic heterocycles. The molecule has 122 valence electrons. The van der Waals surface area contributed by atoms with Gasteiger partial charge in [0.2, 0.25) is 5.91 Å². The van der Waals surface area contributed by atoms with E-state index in [1.54, 1.807) is 6.07 Å². The van der Waals surface area contributed by atoms with Gasteiger partial charge in [-0.3, -0.25) is 19.7 Å². The van der Waals surface area contributed by atoms with Crippen LogP contribution in [0.3, 0.4) is 0 Å². The number of hydrogen-bond acceptors (Lipinski definition) is 4. The van der Waals surface area contributed by atoms with Gasteiger partial charge >= 0.3 is 0 Å². The standard InChI is InChI=1S/C18H16N2O4/c1-2-24-13-5-3-4-11(8-13)9-16(21)19-12-6-7-14-15(10-12)18(23)20-17(14)22/h3-8,10H,2,9H2,1H3,(H,19,21)(H,20,22,23). The van der Waals surface area contributed by atoms with Gasteiger partial charge in [0.15, 0.2) is 0 Å². The van der Waals surface area contributed by atoms with Crippen LogP contribution in [0.15, 0.2) is 42.5 Å². The van der Waals surface area contributed by atoms with Gasteiger partial charge in [-0.05, 0) is 42.8 Å². The maximum atomic E-state index is 12.2. The Bertz CT molecular complexity index is 830. The lowest BCUT2D eigenvalue weighted by molar-refractivity contribution is -0.115. The van der Waals surface area contributed by atoms with Crippen LogP contribution in [-0.2, 0) is 11.2 Å². The number of imide groups is 1. The monoisotopic (exact) mass is 324 g/mol. The third kappa shape index (κ3) is 3.27. The molecular formula is C18H16N2O4. The zero-order chi connectivity index (χ0) is 17.1. The number of fused-ring (bicyclic) bond motifs is 1. The van der Waals surface area contributed by atoms with E-state index < -0.39 is 11.8 Å². The molecule has 3 rings (SSSR count). The first-order valence-corrected chi connectivity index (χ1v) is 7.58. The van der Waals surface area contributed by atoms with Crippen molar-refractivity contribution in [2.45, 2.75) is 13.3 Å². The summed E-state index contributed by atoms with van der Waals surface area (Å²) in [6, 6.07) is 12.0. The van der Waals surface area contributed by atoms with Gasteiger partial charge in [0.25, 0.3) is 11.8 Å². The lowest BCUT2D eigenvalue weighted by Gasteiger charge is -2.08. The van der Waals surface area contributed by atoms with Gasteiger partial charge in [0.1, 0.15) is 5.75 Å². The van der Waals surface area contributed by atoms with Crippen LogP contribution in [0.5, 0.6) is 5.75 Å². The summed E-state index contributed by atoms with van der Waals surface area (Å²) in [5, 5.41) is 4.95. The third-order valence-corrected chi connectivity index (χ3v) is 3.59. The van der Waals surface area contributed by atoms with Crippen LogP contribution < -0.4 is 15.4 Å². The minimum atomic E-state index is -0.449. The fourth-order valence-electron chi connectivity index (χ4n) is 2.55. The molecule has 0 atom stereocenters. The first kappa shape index (κ1) is 15.7. The first-order valence-electron chi connectivity index (χ1n) is 7.58. The molecule has 2 N–H and O–H groups in total. The Morgan fingerprint density at radius 1 is 1.08 bits per heavy atom. The van der Waals surface area contributed by atoms with E-state index in [9.17, 15) is 14.4 Å². The molecule has 0 bridgehead atoms. The summed E-state index contributed by atoms with van der Waals surface area (Å²) >= 11 is 0. The predicted molar refractivity (Wildman–Crippen MR) is 88.2 cm³/mol. The van der Waals surface area contributed by atoms with Crippen LogP contribution in [0.2, 0.25) is 0 Å². The number of benzene rings is 2. The third-order valence-electron chi connectivity index (χ3n) is 3.59. The summed E-state index contributed by atoms with van der Waals surface area (Å²) in [6.07, 6.45) is 0.184. The number of carbonyl (C=O) groups excluding carboxylic acids is 3. The van der Waals surface area contributed by atoms with Crippen molar-refractivity contribution in [2.75, 3.05) is 11.9 Å². The molecule has 0 saturated heterocycles. The fraction of sp³-hybridized carbons (Fsp3) is 0.167. The van der Waals surface area contributed by atoms with Gasteiger partial charge in [-0.25, -0.2) is 0 Å². The quantitative estimate of drug-likeness (QED) is 0.825. The number of rotatable bonds is 5. The smallest absolute Gasteiger partial charge is 0.259 e. The molecule has 0 saturated carbocycles. The highest BCUT2D eigenvalue weighted by atomic mass is 16.5. The summed E-state index contributed by atoms with van der Waals surface area (Å²) in [5.41, 5.74) is 1.90. The highest BCUT2D eigenvalue weighted by Gasteiger charge is 2.26. The molecule has 0 radical (unpaired) electrons. The van der Waals surface area contributed by atoms with Crippen LogP contribution in [0.25, 0.3) is 0 Å². The summed E-state index contributed by atoms with van der Waals surface area (Å²) in [5.74, 6) is -0.361. The number of anilines is 1. The van der Waals surface area contributed by atoms with Crippen LogP contribution in [0.4, 0.5) is 5.69 Å². The normalized spacial score (nSPS) is 12.5. The van der Waals surface area contributed by atoms with Gasteiger partial charge in [0, 0.05) is 5.69 Å². The molecular weight excluding hydrogens is 308 g/mol. The van der Waals surface area contributed by atoms with E-state index in [1.807, 2.05) is 31.2 Å². The molecule has 0 fully saturated rings. The maximum absolute atomic E-state index is 12.2. The second-order valence-electron chi connectivity index (χ2n) is 5.35. The van der Waals surface area contributed by atoms with Crippen LogP contribution in [-0.4, -0.2) is 24.3 Å². The Morgan fingerprint density at radius 2 is 1.88 bits per heavy atom. The summed E-state index contributed by atoms with van der Waals surface area (Å²) < 4.78 is 5.41. The molecule has 1 heterocycles. The van der Waals surface area contributed by atoms with Crippen molar-refractivity contribution in [3.63, 3.8) is 0 Å². The van der Waals surface area contributed by atoms with Crippen LogP contribution >= 0.6 is 0 Å². The Labute approximate surface area is 138 Å². The molecule has 2 aromatic rings. The maximum Gasteiger partial charge on any atom is 0.259 e. The molecule has 24 heavy (non-hydrogen) atoms. The Morgan fingerprint density at radius 3 is 2.67 bits per heavy atom. The van der Waals surface area contributed by atoms with E-state index in [0.717, 1.165) is 11.3 Å². The van der Waals surface area contributed by atoms with E-state index in [1.165, 1.54) is 12.1 Å². The lowest BCUT2D eigenvalue weighted by atomic mass is 10.1. The molecule has 0 unspecified atom stereocenters. The zero-order valence-electron chi connectivity index (χ0n) is 13.1. The van der Waals surface area contributed by atoms with E-state index >= 15 is 0 Å². The fourth-order valence-corrected chi connectivity index (χ4v) is 2.55. The molecule has 6 nitrogen and oxygen atoms in total. The predicted octanol–water partition coefficient (Wildman–Crippen LogP) is 2.15. The highest BCUT2D eigenvalue weighted by Crippen LogP contribution is 2.21. The Hall–Kier alpha value is -3.15. The summed E-state index contributed by atoms with van der Waals surface area (Å²) in [6.45, 7) is 2.46. The average Bonchev–Trinajstić information content (AvgIpc) is 2.82. The lowest BCUT2D eigenvalue weighted by Crippen LogP contribution is -2.19. The largest absolute Gasteiger partial charge is 0.494 e. The van der Waals surface area contributed by atoms with Gasteiger partial charge in [-0.2, -0.15) is 0 Å². The molecule has 1 aliphatic rings. The van der Waals surface area contributed by atoms with Crippen molar-refractivity contribution in [1.82, 2.24) is 5.32 Å². The van der Waals surface area contributed by atoms with E-state index in [0.29, 0.717) is 17.9 Å². The molecule has 6 heteroatoms. The topological polar surface area (TPSA) is 84.5 Å². The number of nitrogens with one attached hydrogen (secondary N) is 2. The second kappa shape index (κ2) is 6.54. The van der Waals surface area contributed by atoms with Crippen molar-refractivity contribution in [2.24, 2.45) is 0 Å².